The standard InChI is InChI=1S/C14H16BrNO2/c1-14(9-18-10-14)8-16-13(17)6-5-11-3-2-4-12(15)7-11/h2-7H,8-10H2,1H3,(H,16,17). The minimum absolute atomic E-state index is 0.0666. The molecule has 0 radical (unpaired) electrons. The molecule has 0 bridgehead atoms. The van der Waals surface area contributed by atoms with Gasteiger partial charge in [-0.3, -0.25) is 4.79 Å². The van der Waals surface area contributed by atoms with Crippen molar-refractivity contribution < 1.29 is 9.53 Å². The second kappa shape index (κ2) is 5.67. The first-order valence-corrected chi connectivity index (χ1v) is 6.66. The minimum atomic E-state index is -0.0666. The second-order valence-corrected chi connectivity index (χ2v) is 5.83. The third-order valence-corrected chi connectivity index (χ3v) is 3.36. The van der Waals surface area contributed by atoms with Gasteiger partial charge < -0.3 is 10.1 Å². The molecule has 4 heteroatoms. The van der Waals surface area contributed by atoms with E-state index in [2.05, 4.69) is 28.2 Å². The molecule has 1 aliphatic heterocycles. The van der Waals surface area contributed by atoms with Gasteiger partial charge in [0.2, 0.25) is 5.91 Å². The van der Waals surface area contributed by atoms with Crippen molar-refractivity contribution in [1.29, 1.82) is 0 Å². The van der Waals surface area contributed by atoms with Crippen LogP contribution in [0.15, 0.2) is 34.8 Å². The van der Waals surface area contributed by atoms with Crippen LogP contribution in [0.2, 0.25) is 0 Å². The Balaban J connectivity index is 1.83. The molecule has 0 saturated carbocycles. The molecule has 1 saturated heterocycles. The lowest BCUT2D eigenvalue weighted by molar-refractivity contribution is -0.122. The zero-order valence-corrected chi connectivity index (χ0v) is 11.9. The summed E-state index contributed by atoms with van der Waals surface area (Å²) in [6.45, 7) is 4.22. The van der Waals surface area contributed by atoms with E-state index in [4.69, 9.17) is 4.74 Å². The number of rotatable bonds is 4. The van der Waals surface area contributed by atoms with E-state index >= 15 is 0 Å². The maximum Gasteiger partial charge on any atom is 0.244 e. The molecule has 0 aliphatic carbocycles. The molecule has 1 aromatic carbocycles. The van der Waals surface area contributed by atoms with Gasteiger partial charge in [-0.25, -0.2) is 0 Å². The van der Waals surface area contributed by atoms with Crippen molar-refractivity contribution in [1.82, 2.24) is 5.32 Å². The molecule has 1 fully saturated rings. The van der Waals surface area contributed by atoms with Crippen LogP contribution in [0.1, 0.15) is 12.5 Å². The highest BCUT2D eigenvalue weighted by Gasteiger charge is 2.33. The van der Waals surface area contributed by atoms with Gasteiger partial charge in [0.1, 0.15) is 0 Å². The second-order valence-electron chi connectivity index (χ2n) is 4.91. The third kappa shape index (κ3) is 3.68. The first kappa shape index (κ1) is 13.3. The van der Waals surface area contributed by atoms with Crippen molar-refractivity contribution in [2.45, 2.75) is 6.92 Å². The van der Waals surface area contributed by atoms with Crippen LogP contribution in [0.3, 0.4) is 0 Å². The zero-order chi connectivity index (χ0) is 13.0. The molecule has 0 atom stereocenters. The molecule has 96 valence electrons. The summed E-state index contributed by atoms with van der Waals surface area (Å²) >= 11 is 3.39. The third-order valence-electron chi connectivity index (χ3n) is 2.87. The summed E-state index contributed by atoms with van der Waals surface area (Å²) in [5.41, 5.74) is 1.11. The van der Waals surface area contributed by atoms with E-state index in [-0.39, 0.29) is 11.3 Å². The first-order valence-electron chi connectivity index (χ1n) is 5.87. The topological polar surface area (TPSA) is 38.3 Å². The van der Waals surface area contributed by atoms with E-state index in [0.717, 1.165) is 23.2 Å². The predicted molar refractivity (Wildman–Crippen MR) is 75.1 cm³/mol. The minimum Gasteiger partial charge on any atom is -0.380 e. The average Bonchev–Trinajstić information content (AvgIpc) is 2.31. The summed E-state index contributed by atoms with van der Waals surface area (Å²) in [5.74, 6) is -0.0666. The lowest BCUT2D eigenvalue weighted by Gasteiger charge is -2.37. The summed E-state index contributed by atoms with van der Waals surface area (Å²) in [5, 5.41) is 2.89. The van der Waals surface area contributed by atoms with Gasteiger partial charge in [-0.15, -0.1) is 0 Å². The molecular formula is C14H16BrNO2. The van der Waals surface area contributed by atoms with E-state index in [0.29, 0.717) is 6.54 Å². The molecule has 3 nitrogen and oxygen atoms in total. The summed E-state index contributed by atoms with van der Waals surface area (Å²) in [6.07, 6.45) is 3.37. The van der Waals surface area contributed by atoms with E-state index < -0.39 is 0 Å². The number of amides is 1. The molecule has 18 heavy (non-hydrogen) atoms. The summed E-state index contributed by atoms with van der Waals surface area (Å²) < 4.78 is 6.14. The number of carbonyl (C=O) groups excluding carboxylic acids is 1. The van der Waals surface area contributed by atoms with Crippen LogP contribution in [0.4, 0.5) is 0 Å². The van der Waals surface area contributed by atoms with Gasteiger partial charge in [-0.2, -0.15) is 0 Å². The molecule has 1 aromatic rings. The molecule has 1 heterocycles. The van der Waals surface area contributed by atoms with Crippen molar-refractivity contribution >= 4 is 27.9 Å². The van der Waals surface area contributed by atoms with Crippen molar-refractivity contribution in [3.63, 3.8) is 0 Å². The number of benzene rings is 1. The van der Waals surface area contributed by atoms with Gasteiger partial charge in [0, 0.05) is 22.5 Å². The summed E-state index contributed by atoms with van der Waals surface area (Å²) in [6, 6.07) is 7.81. The molecule has 1 amide bonds. The van der Waals surface area contributed by atoms with Gasteiger partial charge in [0.05, 0.1) is 13.2 Å². The van der Waals surface area contributed by atoms with Crippen LogP contribution < -0.4 is 5.32 Å². The Bertz CT molecular complexity index is 467. The van der Waals surface area contributed by atoms with Crippen LogP contribution >= 0.6 is 15.9 Å². The molecule has 1 N–H and O–H groups in total. The van der Waals surface area contributed by atoms with Crippen molar-refractivity contribution in [3.8, 4) is 0 Å². The van der Waals surface area contributed by atoms with Crippen LogP contribution in [0, 0.1) is 5.41 Å². The average molecular weight is 310 g/mol. The maximum absolute atomic E-state index is 11.6. The fraction of sp³-hybridized carbons (Fsp3) is 0.357. The quantitative estimate of drug-likeness (QED) is 0.868. The van der Waals surface area contributed by atoms with Gasteiger partial charge in [-0.1, -0.05) is 35.0 Å². The highest BCUT2D eigenvalue weighted by Crippen LogP contribution is 2.24. The lowest BCUT2D eigenvalue weighted by atomic mass is 9.89. The van der Waals surface area contributed by atoms with Gasteiger partial charge in [0.25, 0.3) is 0 Å². The molecule has 2 rings (SSSR count). The Morgan fingerprint density at radius 1 is 1.56 bits per heavy atom. The highest BCUT2D eigenvalue weighted by molar-refractivity contribution is 9.10. The zero-order valence-electron chi connectivity index (χ0n) is 10.3. The first-order chi connectivity index (χ1) is 8.57. The van der Waals surface area contributed by atoms with Crippen LogP contribution in [0.25, 0.3) is 6.08 Å². The van der Waals surface area contributed by atoms with Crippen LogP contribution in [0.5, 0.6) is 0 Å². The van der Waals surface area contributed by atoms with Gasteiger partial charge in [0.15, 0.2) is 0 Å². The number of nitrogens with one attached hydrogen (secondary N) is 1. The summed E-state index contributed by atoms with van der Waals surface area (Å²) in [7, 11) is 0. The van der Waals surface area contributed by atoms with Crippen LogP contribution in [-0.4, -0.2) is 25.7 Å². The number of hydrogen-bond acceptors (Lipinski definition) is 2. The maximum atomic E-state index is 11.6. The molecule has 0 unspecified atom stereocenters. The smallest absolute Gasteiger partial charge is 0.244 e. The van der Waals surface area contributed by atoms with Crippen molar-refractivity contribution in [3.05, 3.63) is 40.4 Å². The monoisotopic (exact) mass is 309 g/mol. The van der Waals surface area contributed by atoms with Gasteiger partial charge in [-0.05, 0) is 23.8 Å². The SMILES string of the molecule is CC1(CNC(=O)C=Cc2cccc(Br)c2)COC1. The number of carbonyl (C=O) groups is 1. The molecular weight excluding hydrogens is 294 g/mol. The largest absolute Gasteiger partial charge is 0.380 e. The molecule has 1 aliphatic rings. The van der Waals surface area contributed by atoms with Crippen molar-refractivity contribution in [2.75, 3.05) is 19.8 Å². The van der Waals surface area contributed by atoms with Gasteiger partial charge >= 0.3 is 0 Å². The number of halogens is 1. The Kier molecular flexibility index (Phi) is 4.19. The molecule has 0 spiro atoms. The van der Waals surface area contributed by atoms with E-state index in [9.17, 15) is 4.79 Å². The predicted octanol–water partition coefficient (Wildman–Crippen LogP) is 2.62. The van der Waals surface area contributed by atoms with Crippen molar-refractivity contribution in [2.24, 2.45) is 5.41 Å². The Morgan fingerprint density at radius 3 is 2.94 bits per heavy atom. The van der Waals surface area contributed by atoms with Crippen LogP contribution in [-0.2, 0) is 9.53 Å². The Morgan fingerprint density at radius 2 is 2.33 bits per heavy atom. The number of hydrogen-bond donors (Lipinski definition) is 1. The number of ether oxygens (including phenoxy) is 1. The Labute approximate surface area is 115 Å². The summed E-state index contributed by atoms with van der Waals surface area (Å²) in [4.78, 5) is 11.6. The molecule has 0 aromatic heterocycles. The normalized spacial score (nSPS) is 17.4. The van der Waals surface area contributed by atoms with E-state index in [1.54, 1.807) is 12.2 Å². The lowest BCUT2D eigenvalue weighted by Crippen LogP contribution is -2.48. The Hall–Kier alpha value is -1.13. The fourth-order valence-electron chi connectivity index (χ4n) is 1.69. The van der Waals surface area contributed by atoms with E-state index in [1.165, 1.54) is 0 Å². The highest BCUT2D eigenvalue weighted by atomic mass is 79.9. The fourth-order valence-corrected chi connectivity index (χ4v) is 2.11. The van der Waals surface area contributed by atoms with E-state index in [1.807, 2.05) is 24.3 Å².